The Bertz CT molecular complexity index is 376. The van der Waals surface area contributed by atoms with Gasteiger partial charge >= 0.3 is 5.82 Å². The smallest absolute Gasteiger partial charge is 0.394 e. The first kappa shape index (κ1) is 10.3. The molecule has 0 bridgehead atoms. The van der Waals surface area contributed by atoms with Crippen LogP contribution in [0.2, 0.25) is 0 Å². The molecule has 5 heteroatoms. The largest absolute Gasteiger partial charge is 0.520 e. The third-order valence-electron chi connectivity index (χ3n) is 2.83. The molecule has 0 unspecified atom stereocenters. The third kappa shape index (κ3) is 2.07. The first-order valence-corrected chi connectivity index (χ1v) is 5.15. The van der Waals surface area contributed by atoms with Crippen LogP contribution in [0, 0.1) is 6.92 Å². The first-order chi connectivity index (χ1) is 7.18. The summed E-state index contributed by atoms with van der Waals surface area (Å²) in [6.45, 7) is 3.51. The highest BCUT2D eigenvalue weighted by Crippen LogP contribution is 2.22. The summed E-state index contributed by atoms with van der Waals surface area (Å²) < 4.78 is 9.84. The maximum absolute atomic E-state index is 10.9. The topological polar surface area (TPSA) is 60.7 Å². The Kier molecular flexibility index (Phi) is 2.81. The Balaban J connectivity index is 2.15. The van der Waals surface area contributed by atoms with Crippen LogP contribution < -0.4 is 16.0 Å². The number of rotatable bonds is 2. The summed E-state index contributed by atoms with van der Waals surface area (Å²) in [5.74, 6) is 0.465. The molecule has 0 aliphatic carbocycles. The van der Waals surface area contributed by atoms with Crippen molar-refractivity contribution in [1.29, 1.82) is 0 Å². The van der Waals surface area contributed by atoms with E-state index in [1.807, 2.05) is 11.9 Å². The number of hydrogen-bond acceptors (Lipinski definition) is 4. The van der Waals surface area contributed by atoms with Crippen LogP contribution in [0.3, 0.4) is 0 Å². The lowest BCUT2D eigenvalue weighted by atomic mass is 10.1. The lowest BCUT2D eigenvalue weighted by Gasteiger charge is -2.30. The molecule has 0 atom stereocenters. The molecule has 2 rings (SSSR count). The van der Waals surface area contributed by atoms with Gasteiger partial charge in [0.1, 0.15) is 0 Å². The minimum absolute atomic E-state index is 0.391. The summed E-state index contributed by atoms with van der Waals surface area (Å²) in [6, 6.07) is 0.391. The van der Waals surface area contributed by atoms with Crippen LogP contribution in [0.5, 0.6) is 0 Å². The summed E-state index contributed by atoms with van der Waals surface area (Å²) >= 11 is 0. The minimum atomic E-state index is -0.630. The van der Waals surface area contributed by atoms with Crippen molar-refractivity contribution in [3.8, 4) is 0 Å². The van der Waals surface area contributed by atoms with Crippen LogP contribution in [0.4, 0.5) is 5.88 Å². The molecule has 0 spiro atoms. The van der Waals surface area contributed by atoms with Crippen molar-refractivity contribution in [1.82, 2.24) is 5.32 Å². The van der Waals surface area contributed by atoms with Crippen molar-refractivity contribution in [2.45, 2.75) is 25.8 Å². The summed E-state index contributed by atoms with van der Waals surface area (Å²) in [5, 5.41) is 4.29. The molecule has 1 fully saturated rings. The predicted octanol–water partition coefficient (Wildman–Crippen LogP) is 0.744. The molecule has 0 amide bonds. The minimum Gasteiger partial charge on any atom is -0.394 e. The van der Waals surface area contributed by atoms with Gasteiger partial charge in [-0.25, -0.2) is 10.1 Å². The van der Waals surface area contributed by atoms with Gasteiger partial charge in [-0.3, -0.25) is 0 Å². The van der Waals surface area contributed by atoms with Crippen LogP contribution >= 0.6 is 0 Å². The van der Waals surface area contributed by atoms with E-state index in [-0.39, 0.29) is 0 Å². The Morgan fingerprint density at radius 1 is 1.33 bits per heavy atom. The van der Waals surface area contributed by atoms with Crippen molar-refractivity contribution in [2.24, 2.45) is 0 Å². The van der Waals surface area contributed by atoms with Crippen molar-refractivity contribution >= 4 is 5.88 Å². The third-order valence-corrected chi connectivity index (χ3v) is 2.83. The van der Waals surface area contributed by atoms with E-state index in [4.69, 9.17) is 8.83 Å². The second kappa shape index (κ2) is 4.10. The molecule has 1 aromatic heterocycles. The van der Waals surface area contributed by atoms with Gasteiger partial charge in [0.05, 0.1) is 0 Å². The highest BCUT2D eigenvalue weighted by Gasteiger charge is 2.23. The van der Waals surface area contributed by atoms with Gasteiger partial charge in [-0.1, -0.05) is 0 Å². The quantitative estimate of drug-likeness (QED) is 0.724. The molecule has 1 saturated heterocycles. The molecule has 83 valence electrons. The maximum atomic E-state index is 10.9. The van der Waals surface area contributed by atoms with Gasteiger partial charge in [0.25, 0.3) is 0 Å². The van der Waals surface area contributed by atoms with E-state index in [1.165, 1.54) is 0 Å². The number of anilines is 1. The van der Waals surface area contributed by atoms with Crippen molar-refractivity contribution in [3.63, 3.8) is 0 Å². The van der Waals surface area contributed by atoms with Crippen LogP contribution in [0.25, 0.3) is 0 Å². The van der Waals surface area contributed by atoms with E-state index in [0.29, 0.717) is 17.7 Å². The summed E-state index contributed by atoms with van der Waals surface area (Å²) in [6.07, 6.45) is 2.01. The first-order valence-electron chi connectivity index (χ1n) is 5.15. The van der Waals surface area contributed by atoms with E-state index >= 15 is 0 Å². The van der Waals surface area contributed by atoms with E-state index in [2.05, 4.69) is 5.32 Å². The molecule has 0 aromatic carbocycles. The van der Waals surface area contributed by atoms with Crippen molar-refractivity contribution in [3.05, 3.63) is 16.4 Å². The van der Waals surface area contributed by atoms with Crippen LogP contribution in [0.1, 0.15) is 18.6 Å². The van der Waals surface area contributed by atoms with E-state index in [0.717, 1.165) is 25.9 Å². The van der Waals surface area contributed by atoms with Gasteiger partial charge in [0.2, 0.25) is 5.88 Å². The SMILES string of the molecule is Cc1oc(=O)oc1N(C)C1CC[N]CC1. The fourth-order valence-electron chi connectivity index (χ4n) is 1.95. The van der Waals surface area contributed by atoms with Gasteiger partial charge in [-0.2, -0.15) is 0 Å². The molecule has 1 aliphatic rings. The summed E-state index contributed by atoms with van der Waals surface area (Å²) in [7, 11) is 1.93. The average Bonchev–Trinajstić information content (AvgIpc) is 2.58. The van der Waals surface area contributed by atoms with Gasteiger partial charge in [0, 0.05) is 26.2 Å². The molecular weight excluding hydrogens is 196 g/mol. The van der Waals surface area contributed by atoms with Gasteiger partial charge in [-0.05, 0) is 19.8 Å². The maximum Gasteiger partial charge on any atom is 0.520 e. The lowest BCUT2D eigenvalue weighted by Crippen LogP contribution is -2.39. The van der Waals surface area contributed by atoms with Crippen LogP contribution in [-0.4, -0.2) is 26.2 Å². The highest BCUT2D eigenvalue weighted by molar-refractivity contribution is 5.37. The van der Waals surface area contributed by atoms with Crippen LogP contribution in [0.15, 0.2) is 13.6 Å². The lowest BCUT2D eigenvalue weighted by molar-refractivity contribution is 0.370. The van der Waals surface area contributed by atoms with Crippen molar-refractivity contribution < 1.29 is 8.83 Å². The Labute approximate surface area is 88.1 Å². The van der Waals surface area contributed by atoms with Gasteiger partial charge < -0.3 is 13.7 Å². The Hall–Kier alpha value is -1.23. The van der Waals surface area contributed by atoms with Crippen molar-refractivity contribution in [2.75, 3.05) is 25.0 Å². The Morgan fingerprint density at radius 3 is 2.53 bits per heavy atom. The monoisotopic (exact) mass is 211 g/mol. The average molecular weight is 211 g/mol. The molecule has 1 aromatic rings. The Morgan fingerprint density at radius 2 is 2.00 bits per heavy atom. The fourth-order valence-corrected chi connectivity index (χ4v) is 1.95. The molecule has 1 aliphatic heterocycles. The standard InChI is InChI=1S/C10H15N2O3/c1-7-9(15-10(13)14-7)12(2)8-3-5-11-6-4-8/h8H,3-6H2,1-2H3. The van der Waals surface area contributed by atoms with Crippen LogP contribution in [-0.2, 0) is 0 Å². The van der Waals surface area contributed by atoms with E-state index in [1.54, 1.807) is 6.92 Å². The second-order valence-electron chi connectivity index (χ2n) is 3.83. The van der Waals surface area contributed by atoms with Gasteiger partial charge in [-0.15, -0.1) is 0 Å². The second-order valence-corrected chi connectivity index (χ2v) is 3.83. The number of aryl methyl sites for hydroxylation is 1. The molecule has 5 nitrogen and oxygen atoms in total. The molecule has 0 saturated carbocycles. The molecule has 0 N–H and O–H groups in total. The van der Waals surface area contributed by atoms with E-state index < -0.39 is 5.82 Å². The molecule has 1 radical (unpaired) electrons. The normalized spacial score (nSPS) is 18.0. The zero-order valence-electron chi connectivity index (χ0n) is 9.02. The predicted molar refractivity (Wildman–Crippen MR) is 55.3 cm³/mol. The molecular formula is C10H15N2O3. The fraction of sp³-hybridized carbons (Fsp3) is 0.700. The number of piperidine rings is 1. The summed E-state index contributed by atoms with van der Waals surface area (Å²) in [4.78, 5) is 12.9. The zero-order valence-corrected chi connectivity index (χ0v) is 9.02. The highest BCUT2D eigenvalue weighted by atomic mass is 16.6. The van der Waals surface area contributed by atoms with E-state index in [9.17, 15) is 4.79 Å². The number of hydrogen-bond donors (Lipinski definition) is 0. The zero-order chi connectivity index (χ0) is 10.8. The molecule has 2 heterocycles. The number of nitrogens with zero attached hydrogens (tertiary/aromatic N) is 2. The van der Waals surface area contributed by atoms with Gasteiger partial charge in [0.15, 0.2) is 5.76 Å². The molecule has 15 heavy (non-hydrogen) atoms. The summed E-state index contributed by atoms with van der Waals surface area (Å²) in [5.41, 5.74) is 0.